The second-order valence-corrected chi connectivity index (χ2v) is 4.89. The van der Waals surface area contributed by atoms with Crippen molar-refractivity contribution in [2.24, 2.45) is 0 Å². The molecule has 0 N–H and O–H groups in total. The minimum absolute atomic E-state index is 0.214. The predicted molar refractivity (Wildman–Crippen MR) is 72.8 cm³/mol. The number of nitrogens with zero attached hydrogens (tertiary/aromatic N) is 1. The van der Waals surface area contributed by atoms with Crippen LogP contribution in [0.4, 0.5) is 0 Å². The number of rotatable bonds is 7. The van der Waals surface area contributed by atoms with Gasteiger partial charge in [-0.15, -0.1) is 0 Å². The van der Waals surface area contributed by atoms with Crippen LogP contribution in [0.15, 0.2) is 23.8 Å². The normalized spacial score (nSPS) is 16.5. The first-order valence-corrected chi connectivity index (χ1v) is 6.73. The molecule has 2 nitrogen and oxygen atoms in total. The van der Waals surface area contributed by atoms with E-state index >= 15 is 0 Å². The predicted octanol–water partition coefficient (Wildman–Crippen LogP) is 3.69. The second-order valence-electron chi connectivity index (χ2n) is 4.89. The van der Waals surface area contributed by atoms with E-state index in [1.165, 1.54) is 18.4 Å². The van der Waals surface area contributed by atoms with Crippen molar-refractivity contribution in [1.82, 2.24) is 4.90 Å². The number of hydrogen-bond donors (Lipinski definition) is 0. The molecule has 0 unspecified atom stereocenters. The summed E-state index contributed by atoms with van der Waals surface area (Å²) in [5, 5.41) is 0. The minimum Gasteiger partial charge on any atom is -0.336 e. The van der Waals surface area contributed by atoms with E-state index in [-0.39, 0.29) is 5.91 Å². The molecule has 0 spiro atoms. The van der Waals surface area contributed by atoms with Crippen LogP contribution in [0.3, 0.4) is 0 Å². The standard InChI is InChI=1S/C15H25NO/c1-4-5-6-7-8-9-13(2)12-16(14(3)17)15-10-11-15/h5-6,9,15H,4,7-8,10-12H2,1-3H3/b6-5-,13-9-. The van der Waals surface area contributed by atoms with Crippen molar-refractivity contribution in [3.8, 4) is 0 Å². The van der Waals surface area contributed by atoms with Gasteiger partial charge in [0.15, 0.2) is 0 Å². The zero-order chi connectivity index (χ0) is 12.7. The first-order chi connectivity index (χ1) is 8.15. The lowest BCUT2D eigenvalue weighted by Gasteiger charge is -2.20. The van der Waals surface area contributed by atoms with Gasteiger partial charge in [-0.2, -0.15) is 0 Å². The van der Waals surface area contributed by atoms with Crippen molar-refractivity contribution >= 4 is 5.91 Å². The van der Waals surface area contributed by atoms with E-state index in [2.05, 4.69) is 32.1 Å². The molecule has 1 aliphatic rings. The molecule has 0 bridgehead atoms. The third kappa shape index (κ3) is 5.71. The van der Waals surface area contributed by atoms with Gasteiger partial charge < -0.3 is 4.90 Å². The largest absolute Gasteiger partial charge is 0.336 e. The summed E-state index contributed by atoms with van der Waals surface area (Å²) in [6, 6.07) is 0.524. The molecule has 0 saturated heterocycles. The minimum atomic E-state index is 0.214. The van der Waals surface area contributed by atoms with E-state index in [0.717, 1.165) is 25.8 Å². The van der Waals surface area contributed by atoms with Crippen molar-refractivity contribution in [2.45, 2.75) is 58.9 Å². The number of carbonyl (C=O) groups excluding carboxylic acids is 1. The third-order valence-electron chi connectivity index (χ3n) is 3.04. The summed E-state index contributed by atoms with van der Waals surface area (Å²) in [4.78, 5) is 13.5. The average molecular weight is 235 g/mol. The first-order valence-electron chi connectivity index (χ1n) is 6.73. The Labute approximate surface area is 105 Å². The van der Waals surface area contributed by atoms with Crippen LogP contribution < -0.4 is 0 Å². The summed E-state index contributed by atoms with van der Waals surface area (Å²) in [7, 11) is 0. The summed E-state index contributed by atoms with van der Waals surface area (Å²) in [5.41, 5.74) is 1.32. The van der Waals surface area contributed by atoms with Crippen LogP contribution in [0.25, 0.3) is 0 Å². The molecule has 0 aliphatic heterocycles. The van der Waals surface area contributed by atoms with E-state index in [0.29, 0.717) is 6.04 Å². The highest BCUT2D eigenvalue weighted by Crippen LogP contribution is 2.27. The van der Waals surface area contributed by atoms with Gasteiger partial charge in [-0.25, -0.2) is 0 Å². The fraction of sp³-hybridized carbons (Fsp3) is 0.667. The van der Waals surface area contributed by atoms with Crippen LogP contribution in [-0.4, -0.2) is 23.4 Å². The van der Waals surface area contributed by atoms with Crippen LogP contribution in [0.2, 0.25) is 0 Å². The highest BCUT2D eigenvalue weighted by molar-refractivity contribution is 5.74. The van der Waals surface area contributed by atoms with Crippen LogP contribution >= 0.6 is 0 Å². The Balaban J connectivity index is 2.30. The second kappa shape index (κ2) is 7.31. The maximum Gasteiger partial charge on any atom is 0.219 e. The molecule has 1 fully saturated rings. The monoisotopic (exact) mass is 235 g/mol. The van der Waals surface area contributed by atoms with E-state index in [1.54, 1.807) is 6.92 Å². The Morgan fingerprint density at radius 1 is 1.24 bits per heavy atom. The van der Waals surface area contributed by atoms with Gasteiger partial charge in [0.1, 0.15) is 0 Å². The molecule has 0 aromatic heterocycles. The lowest BCUT2D eigenvalue weighted by atomic mass is 10.2. The molecule has 0 radical (unpaired) electrons. The first kappa shape index (κ1) is 14.0. The molecule has 1 rings (SSSR count). The lowest BCUT2D eigenvalue weighted by molar-refractivity contribution is -0.128. The van der Waals surface area contributed by atoms with Crippen LogP contribution in [-0.2, 0) is 4.79 Å². The Morgan fingerprint density at radius 3 is 2.47 bits per heavy atom. The number of amides is 1. The number of allylic oxidation sites excluding steroid dienone is 3. The molecule has 0 heterocycles. The van der Waals surface area contributed by atoms with E-state index in [4.69, 9.17) is 0 Å². The molecule has 17 heavy (non-hydrogen) atoms. The van der Waals surface area contributed by atoms with E-state index in [9.17, 15) is 4.79 Å². The van der Waals surface area contributed by atoms with Gasteiger partial charge in [0.05, 0.1) is 0 Å². The molecular weight excluding hydrogens is 210 g/mol. The van der Waals surface area contributed by atoms with Crippen molar-refractivity contribution in [3.05, 3.63) is 23.8 Å². The molecule has 1 saturated carbocycles. The topological polar surface area (TPSA) is 20.3 Å². The van der Waals surface area contributed by atoms with Gasteiger partial charge in [-0.05, 0) is 39.0 Å². The Hall–Kier alpha value is -1.05. The smallest absolute Gasteiger partial charge is 0.219 e. The van der Waals surface area contributed by atoms with E-state index in [1.807, 2.05) is 4.90 Å². The highest BCUT2D eigenvalue weighted by atomic mass is 16.2. The third-order valence-corrected chi connectivity index (χ3v) is 3.04. The highest BCUT2D eigenvalue weighted by Gasteiger charge is 2.30. The summed E-state index contributed by atoms with van der Waals surface area (Å²) in [6.45, 7) is 6.77. The van der Waals surface area contributed by atoms with Crippen LogP contribution in [0.1, 0.15) is 52.9 Å². The summed E-state index contributed by atoms with van der Waals surface area (Å²) in [6.07, 6.45) is 12.4. The van der Waals surface area contributed by atoms with Gasteiger partial charge in [0.25, 0.3) is 0 Å². The van der Waals surface area contributed by atoms with Crippen molar-refractivity contribution in [2.75, 3.05) is 6.54 Å². The Morgan fingerprint density at radius 2 is 1.94 bits per heavy atom. The molecule has 1 aliphatic carbocycles. The fourth-order valence-electron chi connectivity index (χ4n) is 1.93. The SMILES string of the molecule is CC/C=C\CC/C=C(/C)CN(C(C)=O)C1CC1. The summed E-state index contributed by atoms with van der Waals surface area (Å²) >= 11 is 0. The molecule has 0 atom stereocenters. The maximum absolute atomic E-state index is 11.5. The fourth-order valence-corrected chi connectivity index (χ4v) is 1.93. The van der Waals surface area contributed by atoms with Gasteiger partial charge in [-0.1, -0.05) is 30.7 Å². The summed E-state index contributed by atoms with van der Waals surface area (Å²) < 4.78 is 0. The van der Waals surface area contributed by atoms with Crippen LogP contribution in [0, 0.1) is 0 Å². The van der Waals surface area contributed by atoms with Gasteiger partial charge in [0, 0.05) is 19.5 Å². The number of unbranched alkanes of at least 4 members (excludes halogenated alkanes) is 1. The van der Waals surface area contributed by atoms with Crippen LogP contribution in [0.5, 0.6) is 0 Å². The molecule has 1 amide bonds. The quantitative estimate of drug-likeness (QED) is 0.487. The number of hydrogen-bond acceptors (Lipinski definition) is 1. The molecular formula is C15H25NO. The number of carbonyl (C=O) groups is 1. The van der Waals surface area contributed by atoms with Crippen molar-refractivity contribution in [3.63, 3.8) is 0 Å². The zero-order valence-electron chi connectivity index (χ0n) is 11.4. The van der Waals surface area contributed by atoms with Gasteiger partial charge in [-0.3, -0.25) is 4.79 Å². The molecule has 2 heteroatoms. The van der Waals surface area contributed by atoms with Gasteiger partial charge in [0.2, 0.25) is 5.91 Å². The molecule has 0 aromatic rings. The van der Waals surface area contributed by atoms with Crippen molar-refractivity contribution in [1.29, 1.82) is 0 Å². The van der Waals surface area contributed by atoms with Crippen molar-refractivity contribution < 1.29 is 4.79 Å². The van der Waals surface area contributed by atoms with E-state index < -0.39 is 0 Å². The summed E-state index contributed by atoms with van der Waals surface area (Å²) in [5.74, 6) is 0.214. The Bertz CT molecular complexity index is 300. The average Bonchev–Trinajstić information content (AvgIpc) is 3.09. The Kier molecular flexibility index (Phi) is 6.03. The van der Waals surface area contributed by atoms with Gasteiger partial charge >= 0.3 is 0 Å². The zero-order valence-corrected chi connectivity index (χ0v) is 11.4. The molecule has 0 aromatic carbocycles. The maximum atomic E-state index is 11.5. The molecule has 96 valence electrons. The lowest BCUT2D eigenvalue weighted by Crippen LogP contribution is -2.32.